The maximum atomic E-state index is 13.4. The van der Waals surface area contributed by atoms with Crippen LogP contribution in [-0.4, -0.2) is 4.92 Å². The van der Waals surface area contributed by atoms with Crippen LogP contribution in [0.3, 0.4) is 0 Å². The summed E-state index contributed by atoms with van der Waals surface area (Å²) in [5, 5.41) is 13.7. The highest BCUT2D eigenvalue weighted by atomic mass is 32.1. The number of nitro benzene ring substituents is 1. The summed E-state index contributed by atoms with van der Waals surface area (Å²) in [4.78, 5) is 12.3. The number of hydrogen-bond donors (Lipinski definition) is 1. The van der Waals surface area contributed by atoms with Crippen molar-refractivity contribution in [2.75, 3.05) is 5.32 Å². The molecule has 0 aliphatic heterocycles. The number of anilines is 1. The van der Waals surface area contributed by atoms with Crippen molar-refractivity contribution < 1.29 is 9.31 Å². The number of rotatable bonds is 4. The first-order valence-electron chi connectivity index (χ1n) is 5.30. The fourth-order valence-electron chi connectivity index (χ4n) is 1.61. The minimum atomic E-state index is -0.827. The Kier molecular flexibility index (Phi) is 3.57. The highest BCUT2D eigenvalue weighted by Gasteiger charge is 2.19. The number of nitrogens with zero attached hydrogens (tertiary/aromatic N) is 1. The van der Waals surface area contributed by atoms with Gasteiger partial charge in [0, 0.05) is 16.3 Å². The van der Waals surface area contributed by atoms with Gasteiger partial charge in [-0.15, -0.1) is 11.3 Å². The molecule has 0 bridgehead atoms. The molecule has 0 unspecified atom stereocenters. The number of para-hydroxylation sites is 1. The second-order valence-corrected chi connectivity index (χ2v) is 5.13. The highest BCUT2D eigenvalue weighted by molar-refractivity contribution is 7.11. The summed E-state index contributed by atoms with van der Waals surface area (Å²) in [5.41, 5.74) is -0.308. The zero-order valence-corrected chi connectivity index (χ0v) is 10.5. The molecule has 1 N–H and O–H groups in total. The summed E-state index contributed by atoms with van der Waals surface area (Å²) in [5.74, 6) is -0.827. The van der Waals surface area contributed by atoms with Gasteiger partial charge in [-0.3, -0.25) is 10.1 Å². The Morgan fingerprint density at radius 3 is 2.78 bits per heavy atom. The molecule has 94 valence electrons. The molecule has 0 aliphatic carbocycles. The maximum absolute atomic E-state index is 13.4. The number of aryl methyl sites for hydroxylation is 1. The summed E-state index contributed by atoms with van der Waals surface area (Å²) < 4.78 is 13.4. The Bertz CT molecular complexity index is 583. The van der Waals surface area contributed by atoms with E-state index in [1.165, 1.54) is 17.0 Å². The van der Waals surface area contributed by atoms with Gasteiger partial charge < -0.3 is 5.32 Å². The second kappa shape index (κ2) is 5.14. The zero-order chi connectivity index (χ0) is 13.1. The molecule has 1 aromatic carbocycles. The monoisotopic (exact) mass is 266 g/mol. The number of thiophene rings is 1. The van der Waals surface area contributed by atoms with Gasteiger partial charge in [0.1, 0.15) is 5.69 Å². The Balaban J connectivity index is 2.19. The molecule has 0 saturated heterocycles. The van der Waals surface area contributed by atoms with Crippen LogP contribution in [0.1, 0.15) is 9.75 Å². The van der Waals surface area contributed by atoms with Crippen LogP contribution in [0.4, 0.5) is 15.8 Å². The number of nitro groups is 1. The van der Waals surface area contributed by atoms with E-state index in [0.29, 0.717) is 6.54 Å². The van der Waals surface area contributed by atoms with Crippen molar-refractivity contribution >= 4 is 22.7 Å². The normalized spacial score (nSPS) is 10.3. The Morgan fingerprint density at radius 2 is 2.17 bits per heavy atom. The molecular formula is C12H11FN2O2S. The van der Waals surface area contributed by atoms with Gasteiger partial charge in [-0.25, -0.2) is 0 Å². The van der Waals surface area contributed by atoms with Crippen LogP contribution in [0.25, 0.3) is 0 Å². The molecule has 0 fully saturated rings. The highest BCUT2D eigenvalue weighted by Crippen LogP contribution is 2.28. The zero-order valence-electron chi connectivity index (χ0n) is 9.64. The van der Waals surface area contributed by atoms with E-state index in [1.807, 2.05) is 19.1 Å². The minimum absolute atomic E-state index is 0.200. The number of nitrogens with one attached hydrogen (secondary N) is 1. The van der Waals surface area contributed by atoms with Crippen LogP contribution < -0.4 is 5.32 Å². The van der Waals surface area contributed by atoms with Gasteiger partial charge in [-0.05, 0) is 31.2 Å². The topological polar surface area (TPSA) is 55.2 Å². The standard InChI is InChI=1S/C12H11FN2O2S/c1-8-5-6-9(18-8)7-14-11-4-2-3-10(13)12(11)15(16)17/h2-6,14H,7H2,1H3. The van der Waals surface area contributed by atoms with Crippen LogP contribution in [0.5, 0.6) is 0 Å². The van der Waals surface area contributed by atoms with Gasteiger partial charge in [-0.2, -0.15) is 4.39 Å². The molecule has 2 aromatic rings. The molecule has 0 aliphatic rings. The van der Waals surface area contributed by atoms with Gasteiger partial charge in [0.2, 0.25) is 5.82 Å². The van der Waals surface area contributed by atoms with Crippen molar-refractivity contribution in [3.8, 4) is 0 Å². The third-order valence-electron chi connectivity index (χ3n) is 2.42. The Labute approximate surface area is 107 Å². The Morgan fingerprint density at radius 1 is 1.39 bits per heavy atom. The lowest BCUT2D eigenvalue weighted by Gasteiger charge is -2.05. The van der Waals surface area contributed by atoms with Gasteiger partial charge in [0.15, 0.2) is 0 Å². The number of halogens is 1. The van der Waals surface area contributed by atoms with E-state index in [2.05, 4.69) is 5.32 Å². The molecule has 6 heteroatoms. The van der Waals surface area contributed by atoms with Crippen molar-refractivity contribution in [3.63, 3.8) is 0 Å². The van der Waals surface area contributed by atoms with Crippen molar-refractivity contribution in [1.29, 1.82) is 0 Å². The van der Waals surface area contributed by atoms with E-state index in [0.717, 1.165) is 10.9 Å². The third kappa shape index (κ3) is 2.65. The van der Waals surface area contributed by atoms with Crippen molar-refractivity contribution in [2.24, 2.45) is 0 Å². The lowest BCUT2D eigenvalue weighted by Crippen LogP contribution is -2.03. The van der Waals surface area contributed by atoms with Crippen molar-refractivity contribution in [2.45, 2.75) is 13.5 Å². The van der Waals surface area contributed by atoms with E-state index in [9.17, 15) is 14.5 Å². The molecule has 1 heterocycles. The van der Waals surface area contributed by atoms with Crippen molar-refractivity contribution in [1.82, 2.24) is 0 Å². The minimum Gasteiger partial charge on any atom is -0.375 e. The molecule has 4 nitrogen and oxygen atoms in total. The van der Waals surface area contributed by atoms with Crippen LogP contribution >= 0.6 is 11.3 Å². The maximum Gasteiger partial charge on any atom is 0.327 e. The molecule has 0 radical (unpaired) electrons. The SMILES string of the molecule is Cc1ccc(CNc2cccc(F)c2[N+](=O)[O-])s1. The lowest BCUT2D eigenvalue weighted by molar-refractivity contribution is -0.386. The predicted molar refractivity (Wildman–Crippen MR) is 69.4 cm³/mol. The summed E-state index contributed by atoms with van der Waals surface area (Å²) in [6.45, 7) is 2.43. The van der Waals surface area contributed by atoms with E-state index < -0.39 is 16.4 Å². The first-order valence-corrected chi connectivity index (χ1v) is 6.11. The third-order valence-corrected chi connectivity index (χ3v) is 3.42. The summed E-state index contributed by atoms with van der Waals surface area (Å²) in [6, 6.07) is 7.95. The van der Waals surface area contributed by atoms with E-state index in [1.54, 1.807) is 11.3 Å². The molecular weight excluding hydrogens is 255 g/mol. The fraction of sp³-hybridized carbons (Fsp3) is 0.167. The molecule has 2 rings (SSSR count). The first-order chi connectivity index (χ1) is 8.58. The quantitative estimate of drug-likeness (QED) is 0.678. The number of hydrogen-bond acceptors (Lipinski definition) is 4. The van der Waals surface area contributed by atoms with Crippen LogP contribution in [-0.2, 0) is 6.54 Å². The van der Waals surface area contributed by atoms with Crippen LogP contribution in [0.15, 0.2) is 30.3 Å². The van der Waals surface area contributed by atoms with E-state index in [4.69, 9.17) is 0 Å². The van der Waals surface area contributed by atoms with Crippen molar-refractivity contribution in [3.05, 3.63) is 56.0 Å². The smallest absolute Gasteiger partial charge is 0.327 e. The number of benzene rings is 1. The molecule has 1 aromatic heterocycles. The predicted octanol–water partition coefficient (Wildman–Crippen LogP) is 3.72. The lowest BCUT2D eigenvalue weighted by atomic mass is 10.2. The molecule has 0 spiro atoms. The second-order valence-electron chi connectivity index (χ2n) is 3.76. The first kappa shape index (κ1) is 12.5. The fourth-order valence-corrected chi connectivity index (χ4v) is 2.44. The van der Waals surface area contributed by atoms with E-state index in [-0.39, 0.29) is 5.69 Å². The summed E-state index contributed by atoms with van der Waals surface area (Å²) in [7, 11) is 0. The Hall–Kier alpha value is -1.95. The van der Waals surface area contributed by atoms with Crippen LogP contribution in [0, 0.1) is 22.9 Å². The molecule has 18 heavy (non-hydrogen) atoms. The molecule has 0 amide bonds. The largest absolute Gasteiger partial charge is 0.375 e. The van der Waals surface area contributed by atoms with Gasteiger partial charge in [-0.1, -0.05) is 6.07 Å². The van der Waals surface area contributed by atoms with Gasteiger partial charge in [0.25, 0.3) is 0 Å². The summed E-state index contributed by atoms with van der Waals surface area (Å²) in [6.07, 6.45) is 0. The molecule has 0 saturated carbocycles. The van der Waals surface area contributed by atoms with Gasteiger partial charge in [0.05, 0.1) is 4.92 Å². The van der Waals surface area contributed by atoms with Crippen LogP contribution in [0.2, 0.25) is 0 Å². The average Bonchev–Trinajstić information content (AvgIpc) is 2.72. The average molecular weight is 266 g/mol. The van der Waals surface area contributed by atoms with E-state index >= 15 is 0 Å². The molecule has 0 atom stereocenters. The summed E-state index contributed by atoms with van der Waals surface area (Å²) >= 11 is 1.60. The van der Waals surface area contributed by atoms with Gasteiger partial charge >= 0.3 is 5.69 Å².